The van der Waals surface area contributed by atoms with Crippen LogP contribution in [0.1, 0.15) is 11.3 Å². The maximum atomic E-state index is 12.3. The number of halogens is 1. The van der Waals surface area contributed by atoms with Gasteiger partial charge in [-0.15, -0.1) is 0 Å². The van der Waals surface area contributed by atoms with Crippen LogP contribution in [0.5, 0.6) is 0 Å². The summed E-state index contributed by atoms with van der Waals surface area (Å²) in [5, 5.41) is 6.46. The van der Waals surface area contributed by atoms with E-state index in [4.69, 9.17) is 32.7 Å². The number of aryl methyl sites for hydroxylation is 1. The van der Waals surface area contributed by atoms with Gasteiger partial charge in [0.1, 0.15) is 17.0 Å². The Labute approximate surface area is 217 Å². The Morgan fingerprint density at radius 3 is 2.64 bits per heavy atom. The molecule has 5 rings (SSSR count). The van der Waals surface area contributed by atoms with Gasteiger partial charge in [0.15, 0.2) is 10.7 Å². The highest BCUT2D eigenvalue weighted by Gasteiger charge is 2.10. The van der Waals surface area contributed by atoms with Gasteiger partial charge in [0.2, 0.25) is 11.8 Å². The molecule has 0 spiro atoms. The van der Waals surface area contributed by atoms with Crippen molar-refractivity contribution >= 4 is 57.7 Å². The molecule has 0 bridgehead atoms. The lowest BCUT2D eigenvalue weighted by Gasteiger charge is -2.08. The van der Waals surface area contributed by atoms with Crippen molar-refractivity contribution < 1.29 is 13.6 Å². The molecule has 0 aliphatic carbocycles. The molecule has 0 unspecified atom stereocenters. The van der Waals surface area contributed by atoms with Gasteiger partial charge in [0, 0.05) is 27.9 Å². The average molecular weight is 514 g/mol. The minimum Gasteiger partial charge on any atom is -0.457 e. The maximum absolute atomic E-state index is 12.3. The Morgan fingerprint density at radius 1 is 0.972 bits per heavy atom. The van der Waals surface area contributed by atoms with Crippen molar-refractivity contribution in [1.29, 1.82) is 0 Å². The van der Waals surface area contributed by atoms with E-state index in [2.05, 4.69) is 15.6 Å². The lowest BCUT2D eigenvalue weighted by molar-refractivity contribution is -0.115. The summed E-state index contributed by atoms with van der Waals surface area (Å²) < 4.78 is 11.6. The Bertz CT molecular complexity index is 1600. The van der Waals surface area contributed by atoms with Crippen LogP contribution in [0.4, 0.5) is 5.69 Å². The topological polar surface area (TPSA) is 80.3 Å². The first kappa shape index (κ1) is 23.5. The molecule has 3 aromatic carbocycles. The predicted octanol–water partition coefficient (Wildman–Crippen LogP) is 7.24. The molecule has 0 saturated heterocycles. The first-order valence-electron chi connectivity index (χ1n) is 11.1. The quantitative estimate of drug-likeness (QED) is 0.190. The van der Waals surface area contributed by atoms with Crippen LogP contribution in [-0.2, 0) is 4.79 Å². The second kappa shape index (κ2) is 10.2. The lowest BCUT2D eigenvalue weighted by atomic mass is 10.2. The molecule has 0 atom stereocenters. The van der Waals surface area contributed by atoms with Crippen molar-refractivity contribution in [1.82, 2.24) is 10.3 Å². The number of hydrogen-bond donors (Lipinski definition) is 2. The fourth-order valence-electron chi connectivity index (χ4n) is 3.58. The van der Waals surface area contributed by atoms with Crippen LogP contribution < -0.4 is 10.6 Å². The van der Waals surface area contributed by atoms with Gasteiger partial charge in [0.25, 0.3) is 0 Å². The summed E-state index contributed by atoms with van der Waals surface area (Å²) in [5.74, 6) is 1.34. The number of nitrogens with zero attached hydrogens (tertiary/aromatic N) is 1. The summed E-state index contributed by atoms with van der Waals surface area (Å²) in [5.41, 5.74) is 5.01. The Hall–Kier alpha value is -4.20. The highest BCUT2D eigenvalue weighted by atomic mass is 35.5. The number of carbonyl (C=O) groups excluding carboxylic acids is 1. The Morgan fingerprint density at radius 2 is 1.81 bits per heavy atom. The largest absolute Gasteiger partial charge is 0.457 e. The number of hydrogen-bond acceptors (Lipinski definition) is 5. The van der Waals surface area contributed by atoms with E-state index < -0.39 is 0 Å². The zero-order valence-corrected chi connectivity index (χ0v) is 20.7. The number of carbonyl (C=O) groups is 1. The molecule has 36 heavy (non-hydrogen) atoms. The van der Waals surface area contributed by atoms with Crippen LogP contribution >= 0.6 is 23.8 Å². The molecular weight excluding hydrogens is 494 g/mol. The molecule has 2 heterocycles. The van der Waals surface area contributed by atoms with Crippen LogP contribution in [-0.4, -0.2) is 16.0 Å². The molecule has 178 valence electrons. The second-order valence-corrected chi connectivity index (χ2v) is 8.90. The molecule has 8 heteroatoms. The number of thiocarbonyl (C=S) groups is 1. The number of oxazole rings is 1. The zero-order chi connectivity index (χ0) is 25.1. The van der Waals surface area contributed by atoms with E-state index in [1.54, 1.807) is 24.3 Å². The van der Waals surface area contributed by atoms with Gasteiger partial charge in [-0.1, -0.05) is 23.7 Å². The van der Waals surface area contributed by atoms with Gasteiger partial charge >= 0.3 is 0 Å². The summed E-state index contributed by atoms with van der Waals surface area (Å²) in [6, 6.07) is 24.2. The molecular formula is C28H20ClN3O3S. The fraction of sp³-hybridized carbons (Fsp3) is 0.0357. The normalized spacial score (nSPS) is 11.2. The van der Waals surface area contributed by atoms with Gasteiger partial charge in [-0.3, -0.25) is 10.1 Å². The summed E-state index contributed by atoms with van der Waals surface area (Å²) in [7, 11) is 0. The van der Waals surface area contributed by atoms with Crippen molar-refractivity contribution in [3.05, 3.63) is 101 Å². The van der Waals surface area contributed by atoms with Crippen LogP contribution in [0.25, 0.3) is 40.0 Å². The van der Waals surface area contributed by atoms with Crippen molar-refractivity contribution in [2.45, 2.75) is 6.92 Å². The second-order valence-electron chi connectivity index (χ2n) is 8.06. The lowest BCUT2D eigenvalue weighted by Crippen LogP contribution is -2.32. The predicted molar refractivity (Wildman–Crippen MR) is 147 cm³/mol. The fourth-order valence-corrected chi connectivity index (χ4v) is 3.92. The summed E-state index contributed by atoms with van der Waals surface area (Å²) >= 11 is 11.2. The third kappa shape index (κ3) is 5.54. The summed E-state index contributed by atoms with van der Waals surface area (Å²) in [4.78, 5) is 16.9. The molecule has 0 saturated carbocycles. The first-order valence-corrected chi connectivity index (χ1v) is 11.8. The van der Waals surface area contributed by atoms with E-state index in [1.807, 2.05) is 67.6 Å². The molecule has 6 nitrogen and oxygen atoms in total. The van der Waals surface area contributed by atoms with Gasteiger partial charge in [-0.25, -0.2) is 4.98 Å². The number of aromatic nitrogens is 1. The van der Waals surface area contributed by atoms with Crippen molar-refractivity contribution in [3.8, 4) is 22.8 Å². The maximum Gasteiger partial charge on any atom is 0.250 e. The van der Waals surface area contributed by atoms with Crippen molar-refractivity contribution in [2.24, 2.45) is 0 Å². The Balaban J connectivity index is 1.20. The first-order chi connectivity index (χ1) is 17.4. The third-order valence-electron chi connectivity index (χ3n) is 5.30. The number of amides is 1. The number of benzene rings is 3. The third-order valence-corrected chi connectivity index (χ3v) is 5.76. The molecule has 0 radical (unpaired) electrons. The van der Waals surface area contributed by atoms with Gasteiger partial charge in [-0.05, 0) is 97.5 Å². The van der Waals surface area contributed by atoms with E-state index in [1.165, 1.54) is 6.08 Å². The molecule has 2 aromatic heterocycles. The molecule has 0 fully saturated rings. The van der Waals surface area contributed by atoms with Crippen LogP contribution in [0.3, 0.4) is 0 Å². The number of furan rings is 1. The van der Waals surface area contributed by atoms with Crippen LogP contribution in [0, 0.1) is 6.92 Å². The smallest absolute Gasteiger partial charge is 0.250 e. The van der Waals surface area contributed by atoms with E-state index >= 15 is 0 Å². The Kier molecular flexibility index (Phi) is 6.66. The molecule has 0 aliphatic rings. The molecule has 0 aliphatic heterocycles. The van der Waals surface area contributed by atoms with Crippen LogP contribution in [0.2, 0.25) is 5.02 Å². The monoisotopic (exact) mass is 513 g/mol. The summed E-state index contributed by atoms with van der Waals surface area (Å²) in [6.07, 6.45) is 2.93. The number of fused-ring (bicyclic) bond motifs is 1. The van der Waals surface area contributed by atoms with E-state index in [0.717, 1.165) is 27.8 Å². The van der Waals surface area contributed by atoms with Crippen molar-refractivity contribution in [2.75, 3.05) is 5.32 Å². The van der Waals surface area contributed by atoms with Crippen molar-refractivity contribution in [3.63, 3.8) is 0 Å². The van der Waals surface area contributed by atoms with Gasteiger partial charge < -0.3 is 14.2 Å². The minimum atomic E-state index is -0.387. The SMILES string of the molecule is Cc1ccc2oc(-c3cccc(NC(=S)NC(=O)C=Cc4ccc(-c5ccc(Cl)cc5)o4)c3)nc2c1. The standard InChI is InChI=1S/C28H20ClN3O3S/c1-17-5-12-25-23(15-17)31-27(35-25)19-3-2-4-21(16-19)30-28(36)32-26(33)14-11-22-10-13-24(34-22)18-6-8-20(29)9-7-18/h2-16H,1H3,(H2,30,32,33,36). The number of nitrogens with one attached hydrogen (secondary N) is 2. The molecule has 1 amide bonds. The number of anilines is 1. The zero-order valence-electron chi connectivity index (χ0n) is 19.1. The number of rotatable bonds is 5. The van der Waals surface area contributed by atoms with Gasteiger partial charge in [0.05, 0.1) is 0 Å². The van der Waals surface area contributed by atoms with Crippen LogP contribution in [0.15, 0.2) is 93.8 Å². The van der Waals surface area contributed by atoms with E-state index in [9.17, 15) is 4.79 Å². The summed E-state index contributed by atoms with van der Waals surface area (Å²) in [6.45, 7) is 2.01. The minimum absolute atomic E-state index is 0.163. The highest BCUT2D eigenvalue weighted by molar-refractivity contribution is 7.80. The van der Waals surface area contributed by atoms with Gasteiger partial charge in [-0.2, -0.15) is 0 Å². The molecule has 5 aromatic rings. The molecule has 2 N–H and O–H groups in total. The van der Waals surface area contributed by atoms with E-state index in [0.29, 0.717) is 28.1 Å². The highest BCUT2D eigenvalue weighted by Crippen LogP contribution is 2.27. The van der Waals surface area contributed by atoms with E-state index in [-0.39, 0.29) is 11.0 Å². The average Bonchev–Trinajstić information content (AvgIpc) is 3.50.